The van der Waals surface area contributed by atoms with E-state index in [-0.39, 0.29) is 34.6 Å². The van der Waals surface area contributed by atoms with Gasteiger partial charge in [0.05, 0.1) is 11.9 Å². The molecule has 2 aliphatic rings. The fraction of sp³-hybridized carbons (Fsp3) is 0.462. The van der Waals surface area contributed by atoms with Crippen LogP contribution in [0.2, 0.25) is 0 Å². The summed E-state index contributed by atoms with van der Waals surface area (Å²) in [4.78, 5) is 23.6. The van der Waals surface area contributed by atoms with Gasteiger partial charge in [-0.25, -0.2) is 9.97 Å². The third-order valence-electron chi connectivity index (χ3n) is 7.16. The van der Waals surface area contributed by atoms with E-state index in [1.54, 1.807) is 7.05 Å². The van der Waals surface area contributed by atoms with Crippen molar-refractivity contribution in [2.75, 3.05) is 11.9 Å². The molecule has 1 saturated carbocycles. The smallest absolute Gasteiger partial charge is 0.340 e. The number of piperidine rings is 1. The molecule has 5 rings (SSSR count). The van der Waals surface area contributed by atoms with Gasteiger partial charge in [0.1, 0.15) is 5.56 Å². The zero-order valence-electron chi connectivity index (χ0n) is 20.9. The number of carbonyl (C=O) groups excluding carboxylic acids is 1. The van der Waals surface area contributed by atoms with Crippen molar-refractivity contribution in [3.05, 3.63) is 48.4 Å². The van der Waals surface area contributed by atoms with E-state index in [0.717, 1.165) is 36.9 Å². The highest BCUT2D eigenvalue weighted by Crippen LogP contribution is 2.55. The number of aryl methyl sites for hydroxylation is 1. The van der Waals surface area contributed by atoms with E-state index in [1.807, 2.05) is 40.9 Å². The number of aromatic nitrogens is 4. The molecule has 196 valence electrons. The van der Waals surface area contributed by atoms with Crippen molar-refractivity contribution in [3.63, 3.8) is 0 Å². The Balaban J connectivity index is 1.21. The van der Waals surface area contributed by atoms with E-state index in [2.05, 4.69) is 34.2 Å². The van der Waals surface area contributed by atoms with Crippen molar-refractivity contribution in [1.82, 2.24) is 24.6 Å². The zero-order chi connectivity index (χ0) is 26.4. The molecule has 0 radical (unpaired) electrons. The van der Waals surface area contributed by atoms with Gasteiger partial charge >= 0.3 is 6.18 Å². The molecule has 7 nitrogen and oxygen atoms in total. The summed E-state index contributed by atoms with van der Waals surface area (Å²) >= 11 is 1.81. The topological polar surface area (TPSA) is 75.9 Å². The van der Waals surface area contributed by atoms with E-state index in [9.17, 15) is 18.0 Å². The molecule has 0 unspecified atom stereocenters. The van der Waals surface area contributed by atoms with Crippen molar-refractivity contribution in [2.24, 2.45) is 12.5 Å². The van der Waals surface area contributed by atoms with Crippen LogP contribution in [0.4, 0.5) is 24.8 Å². The summed E-state index contributed by atoms with van der Waals surface area (Å²) in [6.07, 6.45) is 2.87. The average Bonchev–Trinajstić information content (AvgIpc) is 3.24. The fourth-order valence-corrected chi connectivity index (χ4v) is 6.78. The number of anilines is 2. The first-order valence-electron chi connectivity index (χ1n) is 12.3. The minimum absolute atomic E-state index is 0.0746. The molecule has 3 heterocycles. The minimum Gasteiger partial charge on any atom is -0.340 e. The highest BCUT2D eigenvalue weighted by Gasteiger charge is 2.49. The normalized spacial score (nSPS) is 22.0. The highest BCUT2D eigenvalue weighted by molar-refractivity contribution is 8.00. The number of alkyl halides is 3. The summed E-state index contributed by atoms with van der Waals surface area (Å²) < 4.78 is 42.0. The molecule has 1 aliphatic heterocycles. The number of rotatable bonds is 6. The van der Waals surface area contributed by atoms with Gasteiger partial charge in [-0.15, -0.1) is 11.8 Å². The van der Waals surface area contributed by atoms with Crippen LogP contribution < -0.4 is 5.32 Å². The van der Waals surface area contributed by atoms with Gasteiger partial charge in [0.2, 0.25) is 11.9 Å². The molecule has 1 aliphatic carbocycles. The number of nitrogens with zero attached hydrogens (tertiary/aromatic N) is 5. The van der Waals surface area contributed by atoms with Crippen LogP contribution in [-0.2, 0) is 18.0 Å². The molecule has 1 spiro atoms. The lowest BCUT2D eigenvalue weighted by Crippen LogP contribution is -2.52. The maximum Gasteiger partial charge on any atom is 0.419 e. The Morgan fingerprint density at radius 3 is 2.49 bits per heavy atom. The summed E-state index contributed by atoms with van der Waals surface area (Å²) in [6.45, 7) is 4.98. The largest absolute Gasteiger partial charge is 0.419 e. The SMILES string of the molecule is CC(C)N1CCC2(CC1=O)CC(Sc1ccc(Nc3ncc(C(F)(F)F)c(-c4cnn(C)c4)n3)cc1)C2. The van der Waals surface area contributed by atoms with Gasteiger partial charge in [0, 0.05) is 59.8 Å². The van der Waals surface area contributed by atoms with Crippen LogP contribution >= 0.6 is 11.8 Å². The van der Waals surface area contributed by atoms with E-state index >= 15 is 0 Å². The Labute approximate surface area is 217 Å². The van der Waals surface area contributed by atoms with Crippen molar-refractivity contribution < 1.29 is 18.0 Å². The molecule has 3 aromatic rings. The molecule has 37 heavy (non-hydrogen) atoms. The Bertz CT molecular complexity index is 1280. The van der Waals surface area contributed by atoms with Gasteiger partial charge in [-0.1, -0.05) is 0 Å². The van der Waals surface area contributed by atoms with Crippen LogP contribution in [0, 0.1) is 5.41 Å². The maximum absolute atomic E-state index is 13.5. The van der Waals surface area contributed by atoms with Gasteiger partial charge in [0.25, 0.3) is 0 Å². The molecule has 1 saturated heterocycles. The fourth-order valence-electron chi connectivity index (χ4n) is 5.23. The highest BCUT2D eigenvalue weighted by atomic mass is 32.2. The number of nitrogens with one attached hydrogen (secondary N) is 1. The molecular weight excluding hydrogens is 501 g/mol. The molecule has 1 aromatic carbocycles. The lowest BCUT2D eigenvalue weighted by Gasteiger charge is -2.52. The second-order valence-electron chi connectivity index (χ2n) is 10.3. The second kappa shape index (κ2) is 9.66. The monoisotopic (exact) mass is 530 g/mol. The number of amides is 1. The number of carbonyl (C=O) groups is 1. The first kappa shape index (κ1) is 25.6. The Morgan fingerprint density at radius 2 is 1.89 bits per heavy atom. The Hall–Kier alpha value is -3.08. The van der Waals surface area contributed by atoms with E-state index in [4.69, 9.17) is 0 Å². The molecule has 1 N–H and O–H groups in total. The van der Waals surface area contributed by atoms with Crippen LogP contribution in [0.3, 0.4) is 0 Å². The van der Waals surface area contributed by atoms with Crippen molar-refractivity contribution in [1.29, 1.82) is 0 Å². The second-order valence-corrected chi connectivity index (χ2v) is 11.6. The number of halogens is 3. The van der Waals surface area contributed by atoms with Crippen LogP contribution in [0.1, 0.15) is 45.1 Å². The zero-order valence-corrected chi connectivity index (χ0v) is 21.7. The first-order chi connectivity index (χ1) is 17.5. The summed E-state index contributed by atoms with van der Waals surface area (Å²) in [5, 5.41) is 7.45. The molecule has 2 fully saturated rings. The summed E-state index contributed by atoms with van der Waals surface area (Å²) in [5.74, 6) is 0.350. The van der Waals surface area contributed by atoms with Crippen LogP contribution in [0.25, 0.3) is 11.3 Å². The molecular formula is C26H29F3N6OS. The lowest BCUT2D eigenvalue weighted by atomic mass is 9.62. The van der Waals surface area contributed by atoms with Gasteiger partial charge in [-0.2, -0.15) is 18.3 Å². The van der Waals surface area contributed by atoms with Crippen molar-refractivity contribution in [2.45, 2.75) is 61.9 Å². The quantitative estimate of drug-likeness (QED) is 0.427. The van der Waals surface area contributed by atoms with E-state index in [1.165, 1.54) is 17.1 Å². The summed E-state index contributed by atoms with van der Waals surface area (Å²) in [7, 11) is 1.63. The van der Waals surface area contributed by atoms with Crippen LogP contribution in [-0.4, -0.2) is 48.4 Å². The first-order valence-corrected chi connectivity index (χ1v) is 13.2. The molecule has 0 atom stereocenters. The number of likely N-dealkylation sites (tertiary alicyclic amines) is 1. The molecule has 0 bridgehead atoms. The third kappa shape index (κ3) is 5.46. The number of hydrogen-bond donors (Lipinski definition) is 1. The minimum atomic E-state index is -4.58. The standard InChI is InChI=1S/C26H29F3N6OS/c1-16(2)35-9-8-25(12-22(35)36)10-20(11-25)37-19-6-4-18(5-7-19)32-24-30-14-21(26(27,28)29)23(33-24)17-13-31-34(3)15-17/h4-7,13-16,20H,8-12H2,1-3H3,(H,30,32,33). The van der Waals surface area contributed by atoms with E-state index in [0.29, 0.717) is 17.4 Å². The summed E-state index contributed by atoms with van der Waals surface area (Å²) in [6, 6.07) is 7.96. The predicted molar refractivity (Wildman–Crippen MR) is 136 cm³/mol. The van der Waals surface area contributed by atoms with E-state index < -0.39 is 11.7 Å². The average molecular weight is 531 g/mol. The predicted octanol–water partition coefficient (Wildman–Crippen LogP) is 5.91. The van der Waals surface area contributed by atoms with Gasteiger partial charge < -0.3 is 10.2 Å². The third-order valence-corrected chi connectivity index (χ3v) is 8.37. The lowest BCUT2D eigenvalue weighted by molar-refractivity contribution is -0.143. The van der Waals surface area contributed by atoms with Gasteiger partial charge in [0.15, 0.2) is 0 Å². The van der Waals surface area contributed by atoms with Crippen molar-refractivity contribution >= 4 is 29.3 Å². The van der Waals surface area contributed by atoms with Gasteiger partial charge in [-0.3, -0.25) is 9.48 Å². The molecule has 1 amide bonds. The number of thioether (sulfide) groups is 1. The maximum atomic E-state index is 13.5. The summed E-state index contributed by atoms with van der Waals surface area (Å²) in [5.41, 5.74) is -0.0255. The van der Waals surface area contributed by atoms with Crippen molar-refractivity contribution in [3.8, 4) is 11.3 Å². The number of benzene rings is 1. The molecule has 11 heteroatoms. The van der Waals surface area contributed by atoms with Gasteiger partial charge in [-0.05, 0) is 62.8 Å². The molecule has 2 aromatic heterocycles. The Kier molecular flexibility index (Phi) is 6.68. The van der Waals surface area contributed by atoms with Crippen LogP contribution in [0.5, 0.6) is 0 Å². The Morgan fingerprint density at radius 1 is 1.16 bits per heavy atom. The van der Waals surface area contributed by atoms with Crippen LogP contribution in [0.15, 0.2) is 47.8 Å². The number of hydrogen-bond acceptors (Lipinski definition) is 6.